The van der Waals surface area contributed by atoms with E-state index >= 15 is 0 Å². The number of ether oxygens (including phenoxy) is 2. The molecule has 0 saturated carbocycles. The maximum Gasteiger partial charge on any atom is 0.320 e. The molecule has 1 aliphatic rings. The lowest BCUT2D eigenvalue weighted by Crippen LogP contribution is -2.39. The summed E-state index contributed by atoms with van der Waals surface area (Å²) in [5, 5.41) is 0. The number of carbonyl (C=O) groups is 1. The minimum Gasteiger partial charge on any atom is -0.468 e. The Hall–Kier alpha value is -2.29. The molecule has 0 aromatic heterocycles. The van der Waals surface area contributed by atoms with Crippen LogP contribution in [0, 0.1) is 0 Å². The average Bonchev–Trinajstić information content (AvgIpc) is 2.46. The van der Waals surface area contributed by atoms with Crippen LogP contribution < -0.4 is 4.74 Å². The highest BCUT2D eigenvalue weighted by Gasteiger charge is 2.45. The van der Waals surface area contributed by atoms with E-state index in [1.807, 2.05) is 24.3 Å². The SMILES string of the molecule is C=CC1=C(C=C)C(C)(C(=O)OC)c2ccccc2O1. The molecular formula is C16H16O3. The molecule has 0 bridgehead atoms. The predicted octanol–water partition coefficient (Wildman–Crippen LogP) is 3.14. The van der Waals surface area contributed by atoms with Crippen LogP contribution in [0.15, 0.2) is 60.9 Å². The lowest BCUT2D eigenvalue weighted by Gasteiger charge is -2.35. The van der Waals surface area contributed by atoms with Crippen molar-refractivity contribution in [3.63, 3.8) is 0 Å². The van der Waals surface area contributed by atoms with Crippen LogP contribution in [0.3, 0.4) is 0 Å². The van der Waals surface area contributed by atoms with Crippen LogP contribution in [-0.4, -0.2) is 13.1 Å². The van der Waals surface area contributed by atoms with Crippen molar-refractivity contribution < 1.29 is 14.3 Å². The number of rotatable bonds is 3. The Morgan fingerprint density at radius 3 is 2.58 bits per heavy atom. The summed E-state index contributed by atoms with van der Waals surface area (Å²) in [6.07, 6.45) is 3.19. The molecule has 0 aliphatic carbocycles. The third-order valence-electron chi connectivity index (χ3n) is 3.43. The summed E-state index contributed by atoms with van der Waals surface area (Å²) in [6.45, 7) is 9.30. The second-order valence-corrected chi connectivity index (χ2v) is 4.40. The first-order valence-electron chi connectivity index (χ1n) is 5.95. The van der Waals surface area contributed by atoms with E-state index in [0.717, 1.165) is 5.56 Å². The van der Waals surface area contributed by atoms with Crippen molar-refractivity contribution in [2.24, 2.45) is 0 Å². The minimum absolute atomic E-state index is 0.350. The van der Waals surface area contributed by atoms with Crippen molar-refractivity contribution in [1.29, 1.82) is 0 Å². The number of allylic oxidation sites excluding steroid dienone is 2. The van der Waals surface area contributed by atoms with Crippen LogP contribution >= 0.6 is 0 Å². The third-order valence-corrected chi connectivity index (χ3v) is 3.43. The Labute approximate surface area is 112 Å². The van der Waals surface area contributed by atoms with Crippen molar-refractivity contribution >= 4 is 5.97 Å². The summed E-state index contributed by atoms with van der Waals surface area (Å²) >= 11 is 0. The molecule has 3 nitrogen and oxygen atoms in total. The summed E-state index contributed by atoms with van der Waals surface area (Å²) in [5.41, 5.74) is 0.491. The largest absolute Gasteiger partial charge is 0.468 e. The van der Waals surface area contributed by atoms with Crippen molar-refractivity contribution in [2.75, 3.05) is 7.11 Å². The van der Waals surface area contributed by atoms with E-state index in [2.05, 4.69) is 13.2 Å². The average molecular weight is 256 g/mol. The summed E-state index contributed by atoms with van der Waals surface area (Å²) in [4.78, 5) is 12.3. The minimum atomic E-state index is -0.936. The molecule has 0 amide bonds. The van der Waals surface area contributed by atoms with Crippen LogP contribution in [0.25, 0.3) is 0 Å². The van der Waals surface area contributed by atoms with Gasteiger partial charge in [-0.3, -0.25) is 4.79 Å². The zero-order valence-electron chi connectivity index (χ0n) is 11.1. The van der Waals surface area contributed by atoms with Gasteiger partial charge in [0.05, 0.1) is 7.11 Å². The van der Waals surface area contributed by atoms with Crippen LogP contribution in [0.4, 0.5) is 0 Å². The second-order valence-electron chi connectivity index (χ2n) is 4.40. The lowest BCUT2D eigenvalue weighted by molar-refractivity contribution is -0.145. The quantitative estimate of drug-likeness (QED) is 0.779. The maximum atomic E-state index is 12.3. The molecule has 1 heterocycles. The molecule has 1 unspecified atom stereocenters. The fourth-order valence-corrected chi connectivity index (χ4v) is 2.41. The van der Waals surface area contributed by atoms with Crippen LogP contribution in [0.5, 0.6) is 5.75 Å². The summed E-state index contributed by atoms with van der Waals surface area (Å²) in [6, 6.07) is 7.40. The number of hydrogen-bond acceptors (Lipinski definition) is 3. The van der Waals surface area contributed by atoms with Gasteiger partial charge in [-0.15, -0.1) is 0 Å². The molecule has 1 atom stereocenters. The van der Waals surface area contributed by atoms with Crippen molar-refractivity contribution in [3.05, 3.63) is 66.5 Å². The van der Waals surface area contributed by atoms with Crippen LogP contribution in [-0.2, 0) is 14.9 Å². The first-order valence-corrected chi connectivity index (χ1v) is 5.95. The van der Waals surface area contributed by atoms with Crippen molar-refractivity contribution in [1.82, 2.24) is 0 Å². The number of benzene rings is 1. The number of carbonyl (C=O) groups excluding carboxylic acids is 1. The smallest absolute Gasteiger partial charge is 0.320 e. The molecular weight excluding hydrogens is 240 g/mol. The van der Waals surface area contributed by atoms with Crippen LogP contribution in [0.1, 0.15) is 12.5 Å². The lowest BCUT2D eigenvalue weighted by atomic mass is 9.73. The van der Waals surface area contributed by atoms with E-state index < -0.39 is 5.41 Å². The van der Waals surface area contributed by atoms with E-state index in [9.17, 15) is 4.79 Å². The normalized spacial score (nSPS) is 21.2. The molecule has 1 aromatic carbocycles. The van der Waals surface area contributed by atoms with E-state index in [1.165, 1.54) is 7.11 Å². The Morgan fingerprint density at radius 2 is 2.00 bits per heavy atom. The van der Waals surface area contributed by atoms with Gasteiger partial charge in [0, 0.05) is 11.1 Å². The van der Waals surface area contributed by atoms with Gasteiger partial charge in [0.2, 0.25) is 0 Å². The van der Waals surface area contributed by atoms with Gasteiger partial charge in [0.1, 0.15) is 16.9 Å². The zero-order valence-corrected chi connectivity index (χ0v) is 11.1. The van der Waals surface area contributed by atoms with Gasteiger partial charge in [-0.1, -0.05) is 37.4 Å². The number of para-hydroxylation sites is 1. The molecule has 98 valence electrons. The molecule has 0 saturated heterocycles. The van der Waals surface area contributed by atoms with Gasteiger partial charge >= 0.3 is 5.97 Å². The Balaban J connectivity index is 2.77. The molecule has 1 aromatic rings. The molecule has 19 heavy (non-hydrogen) atoms. The fraction of sp³-hybridized carbons (Fsp3) is 0.188. The van der Waals surface area contributed by atoms with E-state index in [0.29, 0.717) is 17.1 Å². The maximum absolute atomic E-state index is 12.3. The first kappa shape index (κ1) is 13.1. The number of hydrogen-bond donors (Lipinski definition) is 0. The molecule has 0 spiro atoms. The Morgan fingerprint density at radius 1 is 1.32 bits per heavy atom. The molecule has 0 fully saturated rings. The topological polar surface area (TPSA) is 35.5 Å². The van der Waals surface area contributed by atoms with Gasteiger partial charge in [-0.05, 0) is 19.1 Å². The van der Waals surface area contributed by atoms with Gasteiger partial charge < -0.3 is 9.47 Å². The van der Waals surface area contributed by atoms with E-state index in [1.54, 1.807) is 19.1 Å². The monoisotopic (exact) mass is 256 g/mol. The summed E-state index contributed by atoms with van der Waals surface area (Å²) < 4.78 is 10.7. The molecule has 0 radical (unpaired) electrons. The molecule has 0 N–H and O–H groups in total. The summed E-state index contributed by atoms with van der Waals surface area (Å²) in [7, 11) is 1.37. The second kappa shape index (κ2) is 4.76. The predicted molar refractivity (Wildman–Crippen MR) is 73.9 cm³/mol. The van der Waals surface area contributed by atoms with Gasteiger partial charge in [0.15, 0.2) is 0 Å². The van der Waals surface area contributed by atoms with Gasteiger partial charge in [0.25, 0.3) is 0 Å². The Bertz CT molecular complexity index is 583. The number of esters is 1. The first-order chi connectivity index (χ1) is 9.09. The third kappa shape index (κ3) is 1.78. The molecule has 2 rings (SSSR count). The van der Waals surface area contributed by atoms with E-state index in [-0.39, 0.29) is 5.97 Å². The number of fused-ring (bicyclic) bond motifs is 1. The van der Waals surface area contributed by atoms with E-state index in [4.69, 9.17) is 9.47 Å². The fourth-order valence-electron chi connectivity index (χ4n) is 2.41. The van der Waals surface area contributed by atoms with Gasteiger partial charge in [-0.2, -0.15) is 0 Å². The number of methoxy groups -OCH3 is 1. The van der Waals surface area contributed by atoms with Crippen molar-refractivity contribution in [2.45, 2.75) is 12.3 Å². The van der Waals surface area contributed by atoms with Crippen LogP contribution in [0.2, 0.25) is 0 Å². The van der Waals surface area contributed by atoms with Crippen molar-refractivity contribution in [3.8, 4) is 5.75 Å². The Kier molecular flexibility index (Phi) is 3.30. The molecule has 3 heteroatoms. The summed E-state index contributed by atoms with van der Waals surface area (Å²) in [5.74, 6) is 0.815. The molecule has 1 aliphatic heterocycles. The standard InChI is InChI=1S/C16H16O3/c1-5-11-13(6-2)19-14-10-8-7-9-12(14)16(11,3)15(17)18-4/h5-10H,1-2H2,3-4H3. The zero-order chi connectivity index (χ0) is 14.0. The highest BCUT2D eigenvalue weighted by molar-refractivity contribution is 5.89. The highest BCUT2D eigenvalue weighted by Crippen LogP contribution is 2.45. The highest BCUT2D eigenvalue weighted by atomic mass is 16.5. The van der Waals surface area contributed by atoms with Gasteiger partial charge in [-0.25, -0.2) is 0 Å².